The van der Waals surface area contributed by atoms with Gasteiger partial charge in [0, 0.05) is 32.6 Å². The van der Waals surface area contributed by atoms with Crippen LogP contribution < -0.4 is 9.64 Å². The Bertz CT molecular complexity index is 902. The number of anilines is 1. The van der Waals surface area contributed by atoms with Crippen LogP contribution in [0.15, 0.2) is 54.6 Å². The Morgan fingerprint density at radius 2 is 1.77 bits per heavy atom. The molecule has 0 bridgehead atoms. The van der Waals surface area contributed by atoms with Crippen molar-refractivity contribution < 1.29 is 14.3 Å². The van der Waals surface area contributed by atoms with E-state index >= 15 is 0 Å². The lowest BCUT2D eigenvalue weighted by atomic mass is 9.99. The molecule has 0 radical (unpaired) electrons. The number of carbonyl (C=O) groups excluding carboxylic acids is 2. The van der Waals surface area contributed by atoms with Crippen molar-refractivity contribution in [2.75, 3.05) is 44.7 Å². The summed E-state index contributed by atoms with van der Waals surface area (Å²) in [6.07, 6.45) is 0.243. The Morgan fingerprint density at radius 1 is 1.03 bits per heavy atom. The lowest BCUT2D eigenvalue weighted by molar-refractivity contribution is -0.140. The summed E-state index contributed by atoms with van der Waals surface area (Å²) in [4.78, 5) is 32.3. The second kappa shape index (κ2) is 8.88. The number of rotatable bonds is 5. The van der Waals surface area contributed by atoms with Gasteiger partial charge in [0.05, 0.1) is 24.3 Å². The van der Waals surface area contributed by atoms with Crippen molar-refractivity contribution in [2.45, 2.75) is 19.4 Å². The molecule has 0 spiro atoms. The van der Waals surface area contributed by atoms with Crippen molar-refractivity contribution in [2.24, 2.45) is 5.92 Å². The van der Waals surface area contributed by atoms with Gasteiger partial charge in [0.15, 0.2) is 0 Å². The average Bonchev–Trinajstić information content (AvgIpc) is 3.16. The SMILES string of the molecule is CCOc1ccccc1N1CC(C(=O)N2CCN(C)CC2c2ccccc2)CC1=O. The molecule has 0 aliphatic carbocycles. The van der Waals surface area contributed by atoms with Crippen molar-refractivity contribution in [1.29, 1.82) is 0 Å². The van der Waals surface area contributed by atoms with Crippen LogP contribution in [0.25, 0.3) is 0 Å². The van der Waals surface area contributed by atoms with Gasteiger partial charge in [-0.25, -0.2) is 0 Å². The van der Waals surface area contributed by atoms with E-state index in [9.17, 15) is 9.59 Å². The maximum atomic E-state index is 13.5. The Hall–Kier alpha value is -2.86. The normalized spacial score (nSPS) is 22.4. The molecule has 4 rings (SSSR count). The van der Waals surface area contributed by atoms with Gasteiger partial charge in [0.25, 0.3) is 0 Å². The van der Waals surface area contributed by atoms with E-state index in [-0.39, 0.29) is 30.2 Å². The molecule has 0 saturated carbocycles. The smallest absolute Gasteiger partial charge is 0.228 e. The van der Waals surface area contributed by atoms with Gasteiger partial charge in [-0.15, -0.1) is 0 Å². The highest BCUT2D eigenvalue weighted by atomic mass is 16.5. The molecule has 6 nitrogen and oxygen atoms in total. The van der Waals surface area contributed by atoms with E-state index in [0.717, 1.165) is 24.3 Å². The predicted molar refractivity (Wildman–Crippen MR) is 116 cm³/mol. The summed E-state index contributed by atoms with van der Waals surface area (Å²) < 4.78 is 5.70. The zero-order valence-corrected chi connectivity index (χ0v) is 17.7. The standard InChI is InChI=1S/C24H29N3O3/c1-3-30-22-12-8-7-11-20(22)27-16-19(15-23(27)28)24(29)26-14-13-25(2)17-21(26)18-9-5-4-6-10-18/h4-12,19,21H,3,13-17H2,1-2H3. The lowest BCUT2D eigenvalue weighted by Crippen LogP contribution is -2.51. The van der Waals surface area contributed by atoms with Crippen LogP contribution in [0.1, 0.15) is 24.9 Å². The van der Waals surface area contributed by atoms with Crippen LogP contribution in [0.4, 0.5) is 5.69 Å². The molecule has 2 fully saturated rings. The molecule has 2 aromatic carbocycles. The van der Waals surface area contributed by atoms with Crippen molar-refractivity contribution in [1.82, 2.24) is 9.80 Å². The van der Waals surface area contributed by atoms with Gasteiger partial charge in [-0.1, -0.05) is 42.5 Å². The molecule has 2 saturated heterocycles. The van der Waals surface area contributed by atoms with Crippen molar-refractivity contribution in [3.8, 4) is 5.75 Å². The number of piperazine rings is 1. The number of benzene rings is 2. The van der Waals surface area contributed by atoms with Gasteiger partial charge < -0.3 is 19.4 Å². The first kappa shape index (κ1) is 20.4. The minimum Gasteiger partial charge on any atom is -0.492 e. The third-order valence-corrected chi connectivity index (χ3v) is 5.98. The summed E-state index contributed by atoms with van der Waals surface area (Å²) in [7, 11) is 2.09. The fourth-order valence-electron chi connectivity index (χ4n) is 4.44. The summed E-state index contributed by atoms with van der Waals surface area (Å²) in [5.41, 5.74) is 1.89. The van der Waals surface area contributed by atoms with Gasteiger partial charge in [0.1, 0.15) is 5.75 Å². The molecule has 6 heteroatoms. The number of hydrogen-bond acceptors (Lipinski definition) is 4. The van der Waals surface area contributed by atoms with E-state index in [1.807, 2.05) is 54.3 Å². The van der Waals surface area contributed by atoms with Crippen LogP contribution in [-0.4, -0.2) is 61.4 Å². The number of nitrogens with zero attached hydrogens (tertiary/aromatic N) is 3. The highest BCUT2D eigenvalue weighted by Crippen LogP contribution is 2.35. The molecule has 2 heterocycles. The zero-order chi connectivity index (χ0) is 21.1. The molecule has 0 N–H and O–H groups in total. The van der Waals surface area contributed by atoms with Crippen molar-refractivity contribution in [3.05, 3.63) is 60.2 Å². The number of carbonyl (C=O) groups is 2. The van der Waals surface area contributed by atoms with E-state index in [2.05, 4.69) is 24.1 Å². The second-order valence-electron chi connectivity index (χ2n) is 8.03. The summed E-state index contributed by atoms with van der Waals surface area (Å²) >= 11 is 0. The Labute approximate surface area is 178 Å². The second-order valence-corrected chi connectivity index (χ2v) is 8.03. The van der Waals surface area contributed by atoms with Crippen molar-refractivity contribution in [3.63, 3.8) is 0 Å². The highest BCUT2D eigenvalue weighted by molar-refractivity contribution is 6.01. The first-order valence-corrected chi connectivity index (χ1v) is 10.6. The highest BCUT2D eigenvalue weighted by Gasteiger charge is 2.41. The summed E-state index contributed by atoms with van der Waals surface area (Å²) in [6, 6.07) is 17.7. The number of ether oxygens (including phenoxy) is 1. The topological polar surface area (TPSA) is 53.1 Å². The quantitative estimate of drug-likeness (QED) is 0.765. The van der Waals surface area contributed by atoms with E-state index in [1.54, 1.807) is 4.90 Å². The molecule has 30 heavy (non-hydrogen) atoms. The Morgan fingerprint density at radius 3 is 2.53 bits per heavy atom. The summed E-state index contributed by atoms with van der Waals surface area (Å²) in [5.74, 6) is 0.401. The fourth-order valence-corrected chi connectivity index (χ4v) is 4.44. The van der Waals surface area contributed by atoms with E-state index in [1.165, 1.54) is 0 Å². The molecule has 2 aliphatic rings. The maximum Gasteiger partial charge on any atom is 0.228 e. The minimum absolute atomic E-state index is 0.0114. The van der Waals surface area contributed by atoms with E-state index in [0.29, 0.717) is 25.4 Å². The van der Waals surface area contributed by atoms with E-state index < -0.39 is 0 Å². The molecular weight excluding hydrogens is 378 g/mol. The minimum atomic E-state index is -0.332. The Balaban J connectivity index is 1.54. The molecule has 2 aromatic rings. The average molecular weight is 408 g/mol. The number of para-hydroxylation sites is 2. The third-order valence-electron chi connectivity index (χ3n) is 5.98. The largest absolute Gasteiger partial charge is 0.492 e. The zero-order valence-electron chi connectivity index (χ0n) is 17.7. The fraction of sp³-hybridized carbons (Fsp3) is 0.417. The van der Waals surface area contributed by atoms with Crippen LogP contribution in [0.5, 0.6) is 5.75 Å². The molecule has 0 aromatic heterocycles. The first-order chi connectivity index (χ1) is 14.6. The van der Waals surface area contributed by atoms with Crippen LogP contribution in [0.2, 0.25) is 0 Å². The van der Waals surface area contributed by atoms with Crippen LogP contribution in [-0.2, 0) is 9.59 Å². The number of amides is 2. The number of likely N-dealkylation sites (N-methyl/N-ethyl adjacent to an activating group) is 1. The predicted octanol–water partition coefficient (Wildman–Crippen LogP) is 2.95. The number of hydrogen-bond donors (Lipinski definition) is 0. The van der Waals surface area contributed by atoms with Gasteiger partial charge in [0.2, 0.25) is 11.8 Å². The molecule has 2 aliphatic heterocycles. The van der Waals surface area contributed by atoms with E-state index in [4.69, 9.17) is 4.74 Å². The third kappa shape index (κ3) is 4.05. The van der Waals surface area contributed by atoms with Gasteiger partial charge in [-0.2, -0.15) is 0 Å². The molecular formula is C24H29N3O3. The maximum absolute atomic E-state index is 13.5. The van der Waals surface area contributed by atoms with Gasteiger partial charge >= 0.3 is 0 Å². The summed E-state index contributed by atoms with van der Waals surface area (Å²) in [5, 5.41) is 0. The van der Waals surface area contributed by atoms with Crippen molar-refractivity contribution >= 4 is 17.5 Å². The summed E-state index contributed by atoms with van der Waals surface area (Å²) in [6.45, 7) is 5.16. The monoisotopic (exact) mass is 407 g/mol. The van der Waals surface area contributed by atoms with Crippen LogP contribution in [0.3, 0.4) is 0 Å². The van der Waals surface area contributed by atoms with Crippen LogP contribution in [0, 0.1) is 5.92 Å². The molecule has 158 valence electrons. The Kier molecular flexibility index (Phi) is 6.04. The molecule has 2 unspecified atom stereocenters. The van der Waals surface area contributed by atoms with Gasteiger partial charge in [-0.3, -0.25) is 9.59 Å². The van der Waals surface area contributed by atoms with Crippen LogP contribution >= 0.6 is 0 Å². The molecule has 2 amide bonds. The first-order valence-electron chi connectivity index (χ1n) is 10.6. The lowest BCUT2D eigenvalue weighted by Gasteiger charge is -2.41. The molecule has 2 atom stereocenters. The van der Waals surface area contributed by atoms with Gasteiger partial charge in [-0.05, 0) is 31.7 Å².